The molecule has 33 heavy (non-hydrogen) atoms. The fraction of sp³-hybridized carbons (Fsp3) is 0.500. The number of hydrogen-bond acceptors (Lipinski definition) is 8. The maximum absolute atomic E-state index is 9.56. The van der Waals surface area contributed by atoms with Gasteiger partial charge in [-0.05, 0) is 37.7 Å². The molecule has 7 rings (SSSR count). The number of anilines is 1. The van der Waals surface area contributed by atoms with Crippen LogP contribution < -0.4 is 14.4 Å². The Bertz CT molecular complexity index is 1150. The van der Waals surface area contributed by atoms with Crippen molar-refractivity contribution < 1.29 is 14.2 Å². The molecule has 4 aliphatic rings. The predicted octanol–water partition coefficient (Wildman–Crippen LogP) is 2.99. The van der Waals surface area contributed by atoms with Crippen molar-refractivity contribution in [2.45, 2.75) is 50.4 Å². The van der Waals surface area contributed by atoms with E-state index in [9.17, 15) is 5.26 Å². The minimum absolute atomic E-state index is 0.145. The van der Waals surface area contributed by atoms with Crippen LogP contribution in [-0.4, -0.2) is 57.6 Å². The Hall–Kier alpha value is -3.38. The number of nitriles is 1. The minimum Gasteiger partial charge on any atom is -0.491 e. The summed E-state index contributed by atoms with van der Waals surface area (Å²) >= 11 is 0. The third-order valence-electron chi connectivity index (χ3n) is 6.89. The molecule has 2 bridgehead atoms. The van der Waals surface area contributed by atoms with Crippen molar-refractivity contribution in [3.63, 3.8) is 0 Å². The maximum atomic E-state index is 9.56. The molecule has 3 saturated heterocycles. The highest BCUT2D eigenvalue weighted by Crippen LogP contribution is 2.35. The summed E-state index contributed by atoms with van der Waals surface area (Å²) in [7, 11) is 0. The number of piperidine rings is 1. The predicted molar refractivity (Wildman–Crippen MR) is 119 cm³/mol. The van der Waals surface area contributed by atoms with E-state index < -0.39 is 0 Å². The summed E-state index contributed by atoms with van der Waals surface area (Å²) in [4.78, 5) is 10.6. The van der Waals surface area contributed by atoms with E-state index >= 15 is 0 Å². The molecule has 2 atom stereocenters. The molecular weight excluding hydrogens is 420 g/mol. The van der Waals surface area contributed by atoms with Crippen LogP contribution in [0.15, 0.2) is 36.9 Å². The molecule has 0 spiro atoms. The Balaban J connectivity index is 1.14. The molecule has 170 valence electrons. The van der Waals surface area contributed by atoms with Gasteiger partial charge in [0.1, 0.15) is 29.0 Å². The maximum Gasteiger partial charge on any atom is 0.316 e. The van der Waals surface area contributed by atoms with Crippen LogP contribution in [0, 0.1) is 17.2 Å². The first-order valence-electron chi connectivity index (χ1n) is 11.6. The highest BCUT2D eigenvalue weighted by atomic mass is 16.5. The van der Waals surface area contributed by atoms with Crippen LogP contribution in [0.2, 0.25) is 0 Å². The number of hydrogen-bond donors (Lipinski definition) is 0. The van der Waals surface area contributed by atoms with Gasteiger partial charge in [-0.15, -0.1) is 0 Å². The number of ether oxygens (including phenoxy) is 3. The van der Waals surface area contributed by atoms with Crippen molar-refractivity contribution in [3.8, 4) is 17.8 Å². The first-order chi connectivity index (χ1) is 16.2. The molecule has 9 heteroatoms. The second-order valence-corrected chi connectivity index (χ2v) is 9.15. The van der Waals surface area contributed by atoms with E-state index in [0.717, 1.165) is 62.1 Å². The normalized spacial score (nSPS) is 26.5. The molecule has 2 unspecified atom stereocenters. The molecule has 0 radical (unpaired) electrons. The van der Waals surface area contributed by atoms with E-state index in [-0.39, 0.29) is 6.10 Å². The van der Waals surface area contributed by atoms with Crippen LogP contribution in [0.3, 0.4) is 0 Å². The van der Waals surface area contributed by atoms with Gasteiger partial charge in [-0.2, -0.15) is 10.4 Å². The van der Waals surface area contributed by atoms with Crippen molar-refractivity contribution in [1.29, 1.82) is 5.26 Å². The molecule has 1 saturated carbocycles. The van der Waals surface area contributed by atoms with Crippen LogP contribution >= 0.6 is 0 Å². The standard InChI is InChI=1S/C24H26N6O3/c25-10-17-11-28-30-12-18(29-13-20-9-21(14-29)32-20)8-22(23(17)30)31-15-16-2-4-19(5-3-16)33-24-26-6-1-7-27-24/h1,6-8,11-12,16,19-21H,2-5,9,13-15H2. The molecule has 3 aromatic rings. The van der Waals surface area contributed by atoms with E-state index in [0.29, 0.717) is 36.3 Å². The first kappa shape index (κ1) is 20.2. The fourth-order valence-corrected chi connectivity index (χ4v) is 5.12. The summed E-state index contributed by atoms with van der Waals surface area (Å²) in [6.07, 6.45) is 12.9. The van der Waals surface area contributed by atoms with Gasteiger partial charge in [-0.1, -0.05) is 0 Å². The summed E-state index contributed by atoms with van der Waals surface area (Å²) in [5.74, 6) is 1.16. The molecule has 0 N–H and O–H groups in total. The number of rotatable bonds is 6. The summed E-state index contributed by atoms with van der Waals surface area (Å²) in [5, 5.41) is 14.0. The second kappa shape index (κ2) is 8.52. The van der Waals surface area contributed by atoms with Crippen LogP contribution in [-0.2, 0) is 4.74 Å². The van der Waals surface area contributed by atoms with Crippen molar-refractivity contribution in [2.24, 2.45) is 5.92 Å². The molecule has 4 fully saturated rings. The molecule has 1 aliphatic carbocycles. The average Bonchev–Trinajstić information content (AvgIpc) is 3.27. The Labute approximate surface area is 191 Å². The van der Waals surface area contributed by atoms with Crippen molar-refractivity contribution in [2.75, 3.05) is 24.6 Å². The molecule has 3 aliphatic heterocycles. The van der Waals surface area contributed by atoms with Gasteiger partial charge < -0.3 is 19.1 Å². The lowest BCUT2D eigenvalue weighted by Gasteiger charge is -2.47. The van der Waals surface area contributed by atoms with E-state index in [4.69, 9.17) is 14.2 Å². The van der Waals surface area contributed by atoms with Crippen molar-refractivity contribution in [1.82, 2.24) is 19.6 Å². The lowest BCUT2D eigenvalue weighted by atomic mass is 9.88. The van der Waals surface area contributed by atoms with Crippen molar-refractivity contribution in [3.05, 3.63) is 42.5 Å². The van der Waals surface area contributed by atoms with Crippen LogP contribution in [0.25, 0.3) is 5.52 Å². The molecular formula is C24H26N6O3. The van der Waals surface area contributed by atoms with Crippen LogP contribution in [0.4, 0.5) is 5.69 Å². The molecule has 0 amide bonds. The summed E-state index contributed by atoms with van der Waals surface area (Å²) in [6.45, 7) is 2.37. The van der Waals surface area contributed by atoms with E-state index in [1.807, 2.05) is 6.20 Å². The van der Waals surface area contributed by atoms with Gasteiger partial charge >= 0.3 is 6.01 Å². The Kier molecular flexibility index (Phi) is 5.23. The Morgan fingerprint density at radius 2 is 1.88 bits per heavy atom. The molecule has 6 heterocycles. The van der Waals surface area contributed by atoms with Gasteiger partial charge in [0.05, 0.1) is 36.9 Å². The molecule has 9 nitrogen and oxygen atoms in total. The topological polar surface area (TPSA) is 97.8 Å². The number of pyridine rings is 1. The highest BCUT2D eigenvalue weighted by molar-refractivity contribution is 5.72. The van der Waals surface area contributed by atoms with E-state index in [1.54, 1.807) is 29.2 Å². The van der Waals surface area contributed by atoms with Gasteiger partial charge in [0.15, 0.2) is 0 Å². The molecule has 3 aromatic heterocycles. The lowest BCUT2D eigenvalue weighted by Crippen LogP contribution is -2.57. The van der Waals surface area contributed by atoms with E-state index in [2.05, 4.69) is 32.1 Å². The zero-order valence-corrected chi connectivity index (χ0v) is 18.3. The zero-order valence-electron chi connectivity index (χ0n) is 18.3. The van der Waals surface area contributed by atoms with Gasteiger partial charge in [0.2, 0.25) is 0 Å². The average molecular weight is 447 g/mol. The highest BCUT2D eigenvalue weighted by Gasteiger charge is 2.38. The minimum atomic E-state index is 0.145. The summed E-state index contributed by atoms with van der Waals surface area (Å²) in [6, 6.07) is 6.54. The fourth-order valence-electron chi connectivity index (χ4n) is 5.12. The SMILES string of the molecule is N#Cc1cnn2cc(N3CC4CC(C3)O4)cc(OCC3CCC(Oc4ncccn4)CC3)c12. The third kappa shape index (κ3) is 4.07. The smallest absolute Gasteiger partial charge is 0.316 e. The largest absolute Gasteiger partial charge is 0.491 e. The van der Waals surface area contributed by atoms with Gasteiger partial charge in [0, 0.05) is 38.0 Å². The Morgan fingerprint density at radius 1 is 1.12 bits per heavy atom. The van der Waals surface area contributed by atoms with Crippen molar-refractivity contribution >= 4 is 11.2 Å². The summed E-state index contributed by atoms with van der Waals surface area (Å²) in [5.41, 5.74) is 2.32. The van der Waals surface area contributed by atoms with Gasteiger partial charge in [-0.25, -0.2) is 14.5 Å². The van der Waals surface area contributed by atoms with Gasteiger partial charge in [0.25, 0.3) is 0 Å². The van der Waals surface area contributed by atoms with Crippen LogP contribution in [0.5, 0.6) is 11.8 Å². The second-order valence-electron chi connectivity index (χ2n) is 9.15. The summed E-state index contributed by atoms with van der Waals surface area (Å²) < 4.78 is 19.8. The zero-order chi connectivity index (χ0) is 22.2. The quantitative estimate of drug-likeness (QED) is 0.570. The lowest BCUT2D eigenvalue weighted by molar-refractivity contribution is -0.133. The van der Waals surface area contributed by atoms with Gasteiger partial charge in [-0.3, -0.25) is 0 Å². The number of morpholine rings is 1. The molecule has 0 aromatic carbocycles. The monoisotopic (exact) mass is 446 g/mol. The number of aromatic nitrogens is 4. The third-order valence-corrected chi connectivity index (χ3v) is 6.89. The first-order valence-corrected chi connectivity index (χ1v) is 11.6. The Morgan fingerprint density at radius 3 is 2.61 bits per heavy atom. The van der Waals surface area contributed by atoms with Crippen LogP contribution in [0.1, 0.15) is 37.7 Å². The van der Waals surface area contributed by atoms with E-state index in [1.165, 1.54) is 0 Å². The number of fused-ring (bicyclic) bond motifs is 3. The number of nitrogens with zero attached hydrogens (tertiary/aromatic N) is 6.